The first-order valence-corrected chi connectivity index (χ1v) is 8.20. The second-order valence-electron chi connectivity index (χ2n) is 4.74. The molecule has 1 heterocycles. The van der Waals surface area contributed by atoms with E-state index in [9.17, 15) is 14.7 Å². The quantitative estimate of drug-likeness (QED) is 0.867. The van der Waals surface area contributed by atoms with Crippen LogP contribution in [0.25, 0.3) is 0 Å². The summed E-state index contributed by atoms with van der Waals surface area (Å²) in [6.45, 7) is 1.13. The molecular formula is C14H17ClN2O3S. The summed E-state index contributed by atoms with van der Waals surface area (Å²) in [6.07, 6.45) is 0.250. The predicted octanol–water partition coefficient (Wildman–Crippen LogP) is 2.17. The maximum absolute atomic E-state index is 11.9. The molecule has 1 unspecified atom stereocenters. The van der Waals surface area contributed by atoms with Crippen molar-refractivity contribution in [1.29, 1.82) is 0 Å². The summed E-state index contributed by atoms with van der Waals surface area (Å²) in [5.74, 6) is 0.483. The lowest BCUT2D eigenvalue weighted by Crippen LogP contribution is -2.48. The van der Waals surface area contributed by atoms with E-state index in [0.29, 0.717) is 29.6 Å². The van der Waals surface area contributed by atoms with Crippen LogP contribution in [-0.4, -0.2) is 52.5 Å². The van der Waals surface area contributed by atoms with Crippen molar-refractivity contribution in [3.05, 3.63) is 29.3 Å². The number of carbonyl (C=O) groups excluding carboxylic acids is 1. The minimum absolute atomic E-state index is 0.162. The van der Waals surface area contributed by atoms with Gasteiger partial charge in [0, 0.05) is 31.0 Å². The minimum atomic E-state index is -0.825. The molecule has 1 aromatic carbocycles. The highest BCUT2D eigenvalue weighted by Crippen LogP contribution is 2.21. The van der Waals surface area contributed by atoms with E-state index in [2.05, 4.69) is 5.32 Å². The number of para-hydroxylation sites is 1. The molecule has 21 heavy (non-hydrogen) atoms. The summed E-state index contributed by atoms with van der Waals surface area (Å²) in [5, 5.41) is 12.4. The van der Waals surface area contributed by atoms with E-state index in [-0.39, 0.29) is 12.3 Å². The van der Waals surface area contributed by atoms with E-state index >= 15 is 0 Å². The molecule has 2 N–H and O–H groups in total. The third kappa shape index (κ3) is 4.62. The van der Waals surface area contributed by atoms with Gasteiger partial charge in [-0.05, 0) is 12.1 Å². The number of hydrogen-bond donors (Lipinski definition) is 2. The summed E-state index contributed by atoms with van der Waals surface area (Å²) in [7, 11) is 0. The van der Waals surface area contributed by atoms with E-state index in [0.717, 1.165) is 5.75 Å². The largest absolute Gasteiger partial charge is 0.480 e. The molecule has 7 heteroatoms. The first kappa shape index (κ1) is 16.1. The molecule has 2 rings (SSSR count). The molecular weight excluding hydrogens is 312 g/mol. The Balaban J connectivity index is 1.86. The second kappa shape index (κ2) is 7.68. The average molecular weight is 329 g/mol. The number of hydrogen-bond acceptors (Lipinski definition) is 4. The Labute approximate surface area is 132 Å². The van der Waals surface area contributed by atoms with Crippen molar-refractivity contribution in [2.75, 3.05) is 29.9 Å². The molecule has 1 aliphatic heterocycles. The molecule has 0 radical (unpaired) electrons. The van der Waals surface area contributed by atoms with Crippen LogP contribution in [0.3, 0.4) is 0 Å². The Kier molecular flexibility index (Phi) is 5.90. The van der Waals surface area contributed by atoms with Crippen molar-refractivity contribution in [2.24, 2.45) is 0 Å². The van der Waals surface area contributed by atoms with Crippen LogP contribution < -0.4 is 5.32 Å². The van der Waals surface area contributed by atoms with Gasteiger partial charge in [0.05, 0.1) is 10.7 Å². The number of carboxylic acids is 1. The van der Waals surface area contributed by atoms with Gasteiger partial charge in [-0.25, -0.2) is 0 Å². The first-order chi connectivity index (χ1) is 10.1. The predicted molar refractivity (Wildman–Crippen MR) is 85.0 cm³/mol. The number of nitrogens with one attached hydrogen (secondary N) is 1. The zero-order valence-electron chi connectivity index (χ0n) is 11.4. The maximum Gasteiger partial charge on any atom is 0.321 e. The SMILES string of the molecule is O=C(CCN1CCSCC1C(=O)O)Nc1ccccc1Cl. The lowest BCUT2D eigenvalue weighted by Gasteiger charge is -2.32. The van der Waals surface area contributed by atoms with Gasteiger partial charge in [-0.2, -0.15) is 11.8 Å². The number of amides is 1. The molecule has 1 aromatic rings. The standard InChI is InChI=1S/C14H17ClN2O3S/c15-10-3-1-2-4-11(10)16-13(18)5-6-17-7-8-21-9-12(17)14(19)20/h1-4,12H,5-9H2,(H,16,18)(H,19,20). The number of thioether (sulfide) groups is 1. The van der Waals surface area contributed by atoms with Crippen LogP contribution in [0.15, 0.2) is 24.3 Å². The highest BCUT2D eigenvalue weighted by atomic mass is 35.5. The van der Waals surface area contributed by atoms with E-state index in [4.69, 9.17) is 11.6 Å². The number of benzene rings is 1. The number of nitrogens with zero attached hydrogens (tertiary/aromatic N) is 1. The van der Waals surface area contributed by atoms with Gasteiger partial charge in [0.2, 0.25) is 5.91 Å². The first-order valence-electron chi connectivity index (χ1n) is 6.67. The van der Waals surface area contributed by atoms with Gasteiger partial charge in [-0.1, -0.05) is 23.7 Å². The molecule has 0 aromatic heterocycles. The van der Waals surface area contributed by atoms with Crippen molar-refractivity contribution >= 4 is 40.9 Å². The number of aliphatic carboxylic acids is 1. The van der Waals surface area contributed by atoms with Crippen molar-refractivity contribution in [3.63, 3.8) is 0 Å². The molecule has 5 nitrogen and oxygen atoms in total. The Morgan fingerprint density at radius 3 is 2.90 bits per heavy atom. The molecule has 114 valence electrons. The van der Waals surface area contributed by atoms with Gasteiger partial charge in [0.25, 0.3) is 0 Å². The number of carbonyl (C=O) groups is 2. The molecule has 0 bridgehead atoms. The van der Waals surface area contributed by atoms with Gasteiger partial charge in [0.15, 0.2) is 0 Å². The Hall–Kier alpha value is -1.24. The van der Waals surface area contributed by atoms with Crippen LogP contribution in [0.5, 0.6) is 0 Å². The van der Waals surface area contributed by atoms with E-state index in [1.165, 1.54) is 0 Å². The Morgan fingerprint density at radius 2 is 2.19 bits per heavy atom. The molecule has 0 aliphatic carbocycles. The monoisotopic (exact) mass is 328 g/mol. The zero-order valence-corrected chi connectivity index (χ0v) is 13.0. The summed E-state index contributed by atoms with van der Waals surface area (Å²) in [5.41, 5.74) is 0.577. The van der Waals surface area contributed by atoms with Crippen LogP contribution in [-0.2, 0) is 9.59 Å². The molecule has 1 aliphatic rings. The third-order valence-electron chi connectivity index (χ3n) is 3.30. The fraction of sp³-hybridized carbons (Fsp3) is 0.429. The number of carboxylic acid groups (broad SMARTS) is 1. The minimum Gasteiger partial charge on any atom is -0.480 e. The van der Waals surface area contributed by atoms with Crippen LogP contribution >= 0.6 is 23.4 Å². The summed E-state index contributed by atoms with van der Waals surface area (Å²) < 4.78 is 0. The van der Waals surface area contributed by atoms with Gasteiger partial charge in [-0.15, -0.1) is 0 Å². The van der Waals surface area contributed by atoms with Crippen molar-refractivity contribution < 1.29 is 14.7 Å². The number of anilines is 1. The second-order valence-corrected chi connectivity index (χ2v) is 6.30. The van der Waals surface area contributed by atoms with Crippen molar-refractivity contribution in [3.8, 4) is 0 Å². The van der Waals surface area contributed by atoms with Crippen LogP contribution in [0.2, 0.25) is 5.02 Å². The van der Waals surface area contributed by atoms with Gasteiger partial charge in [0.1, 0.15) is 6.04 Å². The van der Waals surface area contributed by atoms with Crippen molar-refractivity contribution in [1.82, 2.24) is 4.90 Å². The lowest BCUT2D eigenvalue weighted by atomic mass is 10.2. The number of halogens is 1. The highest BCUT2D eigenvalue weighted by molar-refractivity contribution is 7.99. The maximum atomic E-state index is 11.9. The summed E-state index contributed by atoms with van der Waals surface area (Å²) >= 11 is 7.61. The molecule has 1 amide bonds. The van der Waals surface area contributed by atoms with Crippen LogP contribution in [0.1, 0.15) is 6.42 Å². The van der Waals surface area contributed by atoms with Gasteiger partial charge in [-0.3, -0.25) is 14.5 Å². The van der Waals surface area contributed by atoms with E-state index in [1.807, 2.05) is 4.90 Å². The van der Waals surface area contributed by atoms with E-state index in [1.54, 1.807) is 36.0 Å². The third-order valence-corrected chi connectivity index (χ3v) is 4.65. The topological polar surface area (TPSA) is 69.6 Å². The fourth-order valence-corrected chi connectivity index (χ4v) is 3.44. The lowest BCUT2D eigenvalue weighted by molar-refractivity contribution is -0.142. The molecule has 1 saturated heterocycles. The van der Waals surface area contributed by atoms with Gasteiger partial charge < -0.3 is 10.4 Å². The Bertz CT molecular complexity index is 527. The van der Waals surface area contributed by atoms with Gasteiger partial charge >= 0.3 is 5.97 Å². The molecule has 1 fully saturated rings. The summed E-state index contributed by atoms with van der Waals surface area (Å²) in [6, 6.07) is 6.53. The molecule has 0 spiro atoms. The fourth-order valence-electron chi connectivity index (χ4n) is 2.15. The summed E-state index contributed by atoms with van der Waals surface area (Å²) in [4.78, 5) is 25.0. The zero-order chi connectivity index (χ0) is 15.2. The smallest absolute Gasteiger partial charge is 0.321 e. The Morgan fingerprint density at radius 1 is 1.43 bits per heavy atom. The van der Waals surface area contributed by atoms with Crippen LogP contribution in [0, 0.1) is 0 Å². The molecule has 0 saturated carbocycles. The normalized spacial score (nSPS) is 19.2. The van der Waals surface area contributed by atoms with E-state index < -0.39 is 12.0 Å². The average Bonchev–Trinajstić information content (AvgIpc) is 2.48. The molecule has 1 atom stereocenters. The van der Waals surface area contributed by atoms with Crippen LogP contribution in [0.4, 0.5) is 5.69 Å². The number of rotatable bonds is 5. The highest BCUT2D eigenvalue weighted by Gasteiger charge is 2.28. The van der Waals surface area contributed by atoms with Crippen molar-refractivity contribution in [2.45, 2.75) is 12.5 Å².